The molecule has 2 aromatic heterocycles. The molecule has 4 N–H and O–H groups in total. The van der Waals surface area contributed by atoms with E-state index in [4.69, 9.17) is 10.5 Å². The number of anilines is 2. The molecule has 0 radical (unpaired) electrons. The highest BCUT2D eigenvalue weighted by molar-refractivity contribution is 6.05. The van der Waals surface area contributed by atoms with Crippen LogP contribution in [-0.2, 0) is 0 Å². The number of nitrogens with one attached hydrogen (secondary N) is 2. The van der Waals surface area contributed by atoms with Crippen molar-refractivity contribution in [1.29, 1.82) is 0 Å². The highest BCUT2D eigenvalue weighted by Crippen LogP contribution is 2.22. The van der Waals surface area contributed by atoms with Gasteiger partial charge in [0.25, 0.3) is 5.91 Å². The van der Waals surface area contributed by atoms with Gasteiger partial charge < -0.3 is 21.1 Å². The largest absolute Gasteiger partial charge is 0.492 e. The normalized spacial score (nSPS) is 13.8. The molecule has 1 aliphatic rings. The highest BCUT2D eigenvalue weighted by atomic mass is 35.5. The Morgan fingerprint density at radius 2 is 1.94 bits per heavy atom. The van der Waals surface area contributed by atoms with Crippen LogP contribution in [0.5, 0.6) is 5.75 Å². The van der Waals surface area contributed by atoms with Crippen LogP contribution in [-0.4, -0.2) is 65.1 Å². The molecule has 168 valence electrons. The minimum Gasteiger partial charge on any atom is -0.492 e. The molecule has 1 aliphatic heterocycles. The Bertz CT molecular complexity index is 1010. The second kappa shape index (κ2) is 11.4. The molecule has 0 saturated carbocycles. The number of amides is 1. The zero-order chi connectivity index (χ0) is 21.5. The number of pyridine rings is 1. The number of hydrogen-bond donors (Lipinski definition) is 3. The number of rotatable bonds is 7. The molecular weight excluding hydrogens is 430 g/mol. The first-order valence-corrected chi connectivity index (χ1v) is 10.2. The first-order valence-electron chi connectivity index (χ1n) is 10.2. The molecule has 3 aromatic rings. The summed E-state index contributed by atoms with van der Waals surface area (Å²) >= 11 is 0. The average Bonchev–Trinajstić information content (AvgIpc) is 2.81. The molecule has 32 heavy (non-hydrogen) atoms. The number of aromatic nitrogens is 3. The predicted octanol–water partition coefficient (Wildman–Crippen LogP) is 2.08. The van der Waals surface area contributed by atoms with Gasteiger partial charge in [0.1, 0.15) is 12.4 Å². The summed E-state index contributed by atoms with van der Waals surface area (Å²) in [6.07, 6.45) is 4.73. The van der Waals surface area contributed by atoms with Gasteiger partial charge in [0.15, 0.2) is 11.5 Å². The highest BCUT2D eigenvalue weighted by Gasteiger charge is 2.15. The Balaban J connectivity index is 0.00000289. The number of nitrogen functional groups attached to an aromatic ring is 1. The van der Waals surface area contributed by atoms with Crippen molar-refractivity contribution in [3.05, 3.63) is 60.7 Å². The first kappa shape index (κ1) is 23.4. The molecule has 3 heterocycles. The van der Waals surface area contributed by atoms with Crippen molar-refractivity contribution in [2.75, 3.05) is 50.4 Å². The number of nitrogens with zero attached hydrogens (tertiary/aromatic N) is 4. The quantitative estimate of drug-likeness (QED) is 0.495. The summed E-state index contributed by atoms with van der Waals surface area (Å²) in [5, 5.41) is 6.07. The van der Waals surface area contributed by atoms with Gasteiger partial charge in [-0.25, -0.2) is 9.97 Å². The third-order valence-corrected chi connectivity index (χ3v) is 4.97. The van der Waals surface area contributed by atoms with E-state index in [0.29, 0.717) is 18.0 Å². The van der Waals surface area contributed by atoms with Gasteiger partial charge in [-0.05, 0) is 36.4 Å². The fourth-order valence-corrected chi connectivity index (χ4v) is 3.28. The average molecular weight is 456 g/mol. The van der Waals surface area contributed by atoms with Crippen LogP contribution in [0, 0.1) is 0 Å². The Labute approximate surface area is 192 Å². The maximum absolute atomic E-state index is 12.6. The van der Waals surface area contributed by atoms with Crippen molar-refractivity contribution in [3.8, 4) is 17.0 Å². The van der Waals surface area contributed by atoms with Crippen molar-refractivity contribution in [2.45, 2.75) is 0 Å². The van der Waals surface area contributed by atoms with Crippen LogP contribution in [0.4, 0.5) is 11.5 Å². The zero-order valence-electron chi connectivity index (χ0n) is 17.5. The van der Waals surface area contributed by atoms with Crippen LogP contribution in [0.25, 0.3) is 11.3 Å². The van der Waals surface area contributed by atoms with Gasteiger partial charge >= 0.3 is 0 Å². The Morgan fingerprint density at radius 1 is 1.16 bits per heavy atom. The van der Waals surface area contributed by atoms with Crippen LogP contribution >= 0.6 is 12.4 Å². The smallest absolute Gasteiger partial charge is 0.278 e. The lowest BCUT2D eigenvalue weighted by Crippen LogP contribution is -2.44. The van der Waals surface area contributed by atoms with Gasteiger partial charge in [0.2, 0.25) is 0 Å². The number of hydrogen-bond acceptors (Lipinski definition) is 8. The molecule has 0 bridgehead atoms. The second-order valence-electron chi connectivity index (χ2n) is 7.15. The number of nitrogens with two attached hydrogens (primary N) is 1. The minimum absolute atomic E-state index is 0. The fraction of sp³-hybridized carbons (Fsp3) is 0.273. The van der Waals surface area contributed by atoms with E-state index in [1.807, 2.05) is 24.3 Å². The topological polar surface area (TPSA) is 118 Å². The Kier molecular flexibility index (Phi) is 8.32. The molecule has 0 atom stereocenters. The lowest BCUT2D eigenvalue weighted by atomic mass is 10.1. The number of halogens is 1. The van der Waals surface area contributed by atoms with E-state index in [2.05, 4.69) is 30.5 Å². The summed E-state index contributed by atoms with van der Waals surface area (Å²) < 4.78 is 5.86. The number of carbonyl (C=O) groups excluding carboxylic acids is 1. The molecule has 10 heteroatoms. The molecule has 1 saturated heterocycles. The van der Waals surface area contributed by atoms with E-state index < -0.39 is 5.91 Å². The summed E-state index contributed by atoms with van der Waals surface area (Å²) in [4.78, 5) is 27.5. The Hall–Kier alpha value is -3.27. The molecule has 1 amide bonds. The number of benzene rings is 1. The van der Waals surface area contributed by atoms with Crippen LogP contribution in [0.2, 0.25) is 0 Å². The molecular formula is C22H26ClN7O2. The third-order valence-electron chi connectivity index (χ3n) is 4.97. The van der Waals surface area contributed by atoms with Gasteiger partial charge in [0.05, 0.1) is 23.8 Å². The Morgan fingerprint density at radius 3 is 2.66 bits per heavy atom. The predicted molar refractivity (Wildman–Crippen MR) is 126 cm³/mol. The van der Waals surface area contributed by atoms with Crippen molar-refractivity contribution in [1.82, 2.24) is 25.2 Å². The summed E-state index contributed by atoms with van der Waals surface area (Å²) in [5.41, 5.74) is 7.88. The summed E-state index contributed by atoms with van der Waals surface area (Å²) in [6.45, 7) is 5.70. The van der Waals surface area contributed by atoms with Gasteiger partial charge in [-0.3, -0.25) is 14.7 Å². The first-order chi connectivity index (χ1) is 15.2. The molecule has 9 nitrogen and oxygen atoms in total. The fourth-order valence-electron chi connectivity index (χ4n) is 3.28. The van der Waals surface area contributed by atoms with Gasteiger partial charge in [0, 0.05) is 44.5 Å². The number of ether oxygens (including phenoxy) is 1. The lowest BCUT2D eigenvalue weighted by Gasteiger charge is -2.26. The minimum atomic E-state index is -0.437. The van der Waals surface area contributed by atoms with Crippen molar-refractivity contribution in [3.63, 3.8) is 0 Å². The number of piperazine rings is 1. The number of carbonyl (C=O) groups is 1. The van der Waals surface area contributed by atoms with E-state index >= 15 is 0 Å². The van der Waals surface area contributed by atoms with Gasteiger partial charge in [-0.15, -0.1) is 12.4 Å². The van der Waals surface area contributed by atoms with E-state index in [1.54, 1.807) is 30.7 Å². The zero-order valence-corrected chi connectivity index (χ0v) is 18.3. The molecule has 0 aliphatic carbocycles. The second-order valence-corrected chi connectivity index (χ2v) is 7.15. The SMILES string of the molecule is Cl.Nc1ncc(-c2ccc(OCCN3CCNCC3)cc2)nc1C(=O)Nc1cccnc1. The van der Waals surface area contributed by atoms with Crippen LogP contribution < -0.4 is 21.1 Å². The van der Waals surface area contributed by atoms with Crippen molar-refractivity contribution >= 4 is 29.8 Å². The van der Waals surface area contributed by atoms with Crippen molar-refractivity contribution < 1.29 is 9.53 Å². The van der Waals surface area contributed by atoms with E-state index in [9.17, 15) is 4.79 Å². The molecule has 1 fully saturated rings. The van der Waals surface area contributed by atoms with Gasteiger partial charge in [-0.1, -0.05) is 0 Å². The maximum atomic E-state index is 12.6. The van der Waals surface area contributed by atoms with Gasteiger partial charge in [-0.2, -0.15) is 0 Å². The molecule has 0 spiro atoms. The van der Waals surface area contributed by atoms with E-state index in [1.165, 1.54) is 0 Å². The maximum Gasteiger partial charge on any atom is 0.278 e. The summed E-state index contributed by atoms with van der Waals surface area (Å²) in [6, 6.07) is 11.0. The lowest BCUT2D eigenvalue weighted by molar-refractivity contribution is 0.102. The molecule has 0 unspecified atom stereocenters. The molecule has 4 rings (SSSR count). The van der Waals surface area contributed by atoms with Crippen molar-refractivity contribution in [2.24, 2.45) is 0 Å². The molecule has 1 aromatic carbocycles. The third kappa shape index (κ3) is 6.13. The monoisotopic (exact) mass is 455 g/mol. The van der Waals surface area contributed by atoms with E-state index in [0.717, 1.165) is 44.0 Å². The van der Waals surface area contributed by atoms with E-state index in [-0.39, 0.29) is 23.9 Å². The summed E-state index contributed by atoms with van der Waals surface area (Å²) in [5.74, 6) is 0.419. The van der Waals surface area contributed by atoms with Crippen LogP contribution in [0.1, 0.15) is 10.5 Å². The summed E-state index contributed by atoms with van der Waals surface area (Å²) in [7, 11) is 0. The van der Waals surface area contributed by atoms with Crippen LogP contribution in [0.3, 0.4) is 0 Å². The van der Waals surface area contributed by atoms with Crippen LogP contribution in [0.15, 0.2) is 55.0 Å². The standard InChI is InChI=1S/C22H25N7O2.ClH/c23-21-20(22(30)27-17-2-1-7-25-14-17)28-19(15-26-21)16-3-5-18(6-4-16)31-13-12-29-10-8-24-9-11-29;/h1-7,14-15,24H,8-13H2,(H2,23,26)(H,27,30);1H.